The standard InChI is InChI=1S/C16H17NS/c1-4-6-10-15-13(5-2)12(3)17-14-9-7-8-11-16(14)18-15/h5-11H,2,4H2,1,3H3/b10-6-. The first-order valence-electron chi connectivity index (χ1n) is 6.12. The Morgan fingerprint density at radius 1 is 1.33 bits per heavy atom. The Morgan fingerprint density at radius 3 is 2.83 bits per heavy atom. The molecule has 1 aromatic carbocycles. The molecule has 0 spiro atoms. The molecule has 0 unspecified atom stereocenters. The zero-order valence-electron chi connectivity index (χ0n) is 10.8. The Bertz CT molecular complexity index is 550. The van der Waals surface area contributed by atoms with Crippen LogP contribution in [0.25, 0.3) is 0 Å². The fourth-order valence-electron chi connectivity index (χ4n) is 1.83. The van der Waals surface area contributed by atoms with Gasteiger partial charge in [0.05, 0.1) is 5.69 Å². The zero-order valence-corrected chi connectivity index (χ0v) is 11.6. The first kappa shape index (κ1) is 12.9. The lowest BCUT2D eigenvalue weighted by Crippen LogP contribution is -1.95. The highest BCUT2D eigenvalue weighted by Gasteiger charge is 2.13. The fraction of sp³-hybridized carbons (Fsp3) is 0.188. The molecule has 2 heteroatoms. The second kappa shape index (κ2) is 5.87. The largest absolute Gasteiger partial charge is 0.252 e. The molecule has 1 nitrogen and oxygen atoms in total. The predicted octanol–water partition coefficient (Wildman–Crippen LogP) is 5.29. The monoisotopic (exact) mass is 255 g/mol. The van der Waals surface area contributed by atoms with E-state index in [9.17, 15) is 0 Å². The van der Waals surface area contributed by atoms with E-state index >= 15 is 0 Å². The highest BCUT2D eigenvalue weighted by Crippen LogP contribution is 2.39. The molecular weight excluding hydrogens is 238 g/mol. The van der Waals surface area contributed by atoms with Gasteiger partial charge in [-0.25, -0.2) is 0 Å². The van der Waals surface area contributed by atoms with Gasteiger partial charge < -0.3 is 0 Å². The van der Waals surface area contributed by atoms with Gasteiger partial charge in [-0.05, 0) is 25.5 Å². The number of aliphatic imine (C=N–C) groups is 1. The van der Waals surface area contributed by atoms with Crippen molar-refractivity contribution in [2.24, 2.45) is 4.99 Å². The number of rotatable bonds is 3. The molecule has 0 fully saturated rings. The number of hydrogen-bond donors (Lipinski definition) is 0. The number of benzene rings is 1. The van der Waals surface area contributed by atoms with Crippen molar-refractivity contribution in [3.05, 3.63) is 59.6 Å². The normalized spacial score (nSPS) is 15.3. The molecule has 0 amide bonds. The van der Waals surface area contributed by atoms with Crippen molar-refractivity contribution in [3.8, 4) is 0 Å². The molecule has 2 rings (SSSR count). The third kappa shape index (κ3) is 2.65. The molecule has 1 heterocycles. The summed E-state index contributed by atoms with van der Waals surface area (Å²) in [5.41, 5.74) is 3.19. The van der Waals surface area contributed by atoms with E-state index in [2.05, 4.69) is 48.8 Å². The van der Waals surface area contributed by atoms with Gasteiger partial charge in [0.2, 0.25) is 0 Å². The van der Waals surface area contributed by atoms with Crippen LogP contribution in [0.3, 0.4) is 0 Å². The van der Waals surface area contributed by atoms with Crippen molar-refractivity contribution in [1.29, 1.82) is 0 Å². The summed E-state index contributed by atoms with van der Waals surface area (Å²) in [6, 6.07) is 8.25. The van der Waals surface area contributed by atoms with Gasteiger partial charge in [-0.15, -0.1) is 0 Å². The topological polar surface area (TPSA) is 12.4 Å². The van der Waals surface area contributed by atoms with Crippen LogP contribution in [0.5, 0.6) is 0 Å². The maximum absolute atomic E-state index is 4.68. The van der Waals surface area contributed by atoms with E-state index in [0.717, 1.165) is 23.4 Å². The number of hydrogen-bond acceptors (Lipinski definition) is 2. The van der Waals surface area contributed by atoms with Crippen LogP contribution in [0.1, 0.15) is 20.3 Å². The van der Waals surface area contributed by atoms with Crippen LogP contribution in [0.2, 0.25) is 0 Å². The minimum absolute atomic E-state index is 1.03. The Labute approximate surface area is 113 Å². The average molecular weight is 255 g/mol. The van der Waals surface area contributed by atoms with Crippen molar-refractivity contribution < 1.29 is 0 Å². The molecule has 0 N–H and O–H groups in total. The maximum atomic E-state index is 4.68. The number of nitrogens with zero attached hydrogens (tertiary/aromatic N) is 1. The van der Waals surface area contributed by atoms with E-state index in [-0.39, 0.29) is 0 Å². The minimum atomic E-state index is 1.03. The smallest absolute Gasteiger partial charge is 0.0772 e. The van der Waals surface area contributed by atoms with Gasteiger partial charge >= 0.3 is 0 Å². The van der Waals surface area contributed by atoms with E-state index in [4.69, 9.17) is 0 Å². The second-order valence-corrected chi connectivity index (χ2v) is 5.14. The van der Waals surface area contributed by atoms with E-state index < -0.39 is 0 Å². The molecule has 18 heavy (non-hydrogen) atoms. The fourth-order valence-corrected chi connectivity index (χ4v) is 2.93. The Morgan fingerprint density at radius 2 is 2.11 bits per heavy atom. The van der Waals surface area contributed by atoms with Crippen molar-refractivity contribution in [2.75, 3.05) is 0 Å². The van der Waals surface area contributed by atoms with Crippen LogP contribution in [0, 0.1) is 0 Å². The van der Waals surface area contributed by atoms with Gasteiger partial charge in [-0.3, -0.25) is 4.99 Å². The molecule has 0 aromatic heterocycles. The third-order valence-corrected chi connectivity index (χ3v) is 3.88. The van der Waals surface area contributed by atoms with Gasteiger partial charge in [0.15, 0.2) is 0 Å². The van der Waals surface area contributed by atoms with Crippen molar-refractivity contribution >= 4 is 23.2 Å². The zero-order chi connectivity index (χ0) is 13.0. The molecule has 0 saturated heterocycles. The first-order chi connectivity index (χ1) is 8.76. The van der Waals surface area contributed by atoms with Gasteiger partial charge in [0.25, 0.3) is 0 Å². The maximum Gasteiger partial charge on any atom is 0.0772 e. The summed E-state index contributed by atoms with van der Waals surface area (Å²) in [6.07, 6.45) is 7.27. The summed E-state index contributed by atoms with van der Waals surface area (Å²) in [7, 11) is 0. The van der Waals surface area contributed by atoms with Crippen LogP contribution in [0.4, 0.5) is 5.69 Å². The van der Waals surface area contributed by atoms with Crippen LogP contribution in [-0.4, -0.2) is 5.71 Å². The van der Waals surface area contributed by atoms with Gasteiger partial charge in [0, 0.05) is 21.1 Å². The lowest BCUT2D eigenvalue weighted by atomic mass is 10.1. The third-order valence-electron chi connectivity index (χ3n) is 2.74. The summed E-state index contributed by atoms with van der Waals surface area (Å²) in [6.45, 7) is 8.09. The molecule has 92 valence electrons. The Kier molecular flexibility index (Phi) is 4.21. The van der Waals surface area contributed by atoms with E-state index in [1.165, 1.54) is 9.80 Å². The summed E-state index contributed by atoms with van der Waals surface area (Å²) in [5.74, 6) is 0. The molecule has 1 aliphatic rings. The average Bonchev–Trinajstić information content (AvgIpc) is 2.51. The van der Waals surface area contributed by atoms with Crippen molar-refractivity contribution in [3.63, 3.8) is 0 Å². The highest BCUT2D eigenvalue weighted by atomic mass is 32.2. The first-order valence-corrected chi connectivity index (χ1v) is 6.93. The number of thioether (sulfide) groups is 1. The molecule has 1 aliphatic heterocycles. The SMILES string of the molecule is C=CC1=C(/C=C\CC)Sc2ccccc2N=C1C. The summed E-state index contributed by atoms with van der Waals surface area (Å²) in [4.78, 5) is 7.10. The van der Waals surface area contributed by atoms with E-state index in [1.54, 1.807) is 11.8 Å². The number of allylic oxidation sites excluding steroid dienone is 4. The molecule has 0 atom stereocenters. The van der Waals surface area contributed by atoms with E-state index in [0.29, 0.717) is 0 Å². The quantitative estimate of drug-likeness (QED) is 0.714. The molecule has 0 aliphatic carbocycles. The summed E-state index contributed by atoms with van der Waals surface area (Å²) >= 11 is 1.76. The Balaban J connectivity index is 2.54. The molecule has 0 saturated carbocycles. The number of para-hydroxylation sites is 1. The summed E-state index contributed by atoms with van der Waals surface area (Å²) in [5, 5.41) is 0. The molecule has 1 aromatic rings. The molecule has 0 radical (unpaired) electrons. The summed E-state index contributed by atoms with van der Waals surface area (Å²) < 4.78 is 0. The van der Waals surface area contributed by atoms with Gasteiger partial charge in [0.1, 0.15) is 0 Å². The van der Waals surface area contributed by atoms with Crippen LogP contribution in [0.15, 0.2) is 69.4 Å². The van der Waals surface area contributed by atoms with Crippen LogP contribution >= 0.6 is 11.8 Å². The Hall–Kier alpha value is -1.54. The van der Waals surface area contributed by atoms with Crippen molar-refractivity contribution in [2.45, 2.75) is 25.2 Å². The number of fused-ring (bicyclic) bond motifs is 1. The van der Waals surface area contributed by atoms with Crippen LogP contribution < -0.4 is 0 Å². The molecule has 0 bridgehead atoms. The second-order valence-electron chi connectivity index (χ2n) is 4.06. The van der Waals surface area contributed by atoms with Crippen LogP contribution in [-0.2, 0) is 0 Å². The van der Waals surface area contributed by atoms with Gasteiger partial charge in [-0.1, -0.05) is 55.6 Å². The predicted molar refractivity (Wildman–Crippen MR) is 81.7 cm³/mol. The van der Waals surface area contributed by atoms with E-state index in [1.807, 2.05) is 19.1 Å². The molecular formula is C16H17NS. The highest BCUT2D eigenvalue weighted by molar-refractivity contribution is 8.03. The van der Waals surface area contributed by atoms with Gasteiger partial charge in [-0.2, -0.15) is 0 Å². The lowest BCUT2D eigenvalue weighted by Gasteiger charge is -2.05. The lowest BCUT2D eigenvalue weighted by molar-refractivity contribution is 1.22. The van der Waals surface area contributed by atoms with Crippen molar-refractivity contribution in [1.82, 2.24) is 0 Å². The minimum Gasteiger partial charge on any atom is -0.252 e.